The average Bonchev–Trinajstić information content (AvgIpc) is 1.57. The molecule has 20 aromatic rings. The normalized spacial score (nSPS) is 14.7. The van der Waals surface area contributed by atoms with Crippen LogP contribution in [0.4, 0.5) is 5.69 Å². The lowest BCUT2D eigenvalue weighted by Gasteiger charge is -2.22. The van der Waals surface area contributed by atoms with Crippen LogP contribution in [0.15, 0.2) is 217 Å². The molecular weight excluding hydrogens is 1950 g/mol. The van der Waals surface area contributed by atoms with E-state index in [9.17, 15) is 56.4 Å². The Bertz CT molecular complexity index is 9850. The number of sulfonamides is 1. The molecule has 0 saturated heterocycles. The summed E-state index contributed by atoms with van der Waals surface area (Å²) in [5.41, 5.74) is 44.7. The van der Waals surface area contributed by atoms with E-state index in [0.29, 0.717) is 97.8 Å². The number of benzene rings is 15. The lowest BCUT2D eigenvalue weighted by Crippen LogP contribution is -2.31. The standard InChI is InChI=1S/C25H20N4O2S.C24H19N3O4S.C23H13N3O2.C23H17N3O2.C22H13BrN2O2/c1-26-25(32)27-11-12-6-9-17-16(10-12)19-21-20(23(30)29-24(21)31)15-8-7-13-4-2-3-5-14(13)18(15)22(19)28-17;1-32(30,31)25-11-12-6-9-17-16(10-12)19-21-20(23(28)27-24(21)29)15-8-7-13-4-2-3-5-14(13)18(15)22(19)26-17;1-24-12-7-9-16-15(10-12)18-20-19(22(27)26-23(20)28)14-8-6-11-4-2-3-5-13(11)17(14)21(18)25-16;24-10-11-5-8-16-15(9-11)18-20-19(22(27)26-23(20)28)14-7-6-12-3-1-2-4-13(12)17(14)21(18)25-16;23-11-6-8-15-14(9-11)17-19-18(21(26)25-22(19)27)13-7-5-10-3-1-2-4-12(10)16(13)20(17)24-15/h2-6,9-10,28H,7-8,11H2,1H3,(H2,26,27,32)(H,29,30,31);2-6,9-10,25-26H,7-8,11H2,1H3,(H,27,28,29);2-5,7,9-10,25H,6,8H2,(H,26,27,28);1-5,8-9,25H,6-7,10,24H2,(H,26,27,28);1-4,6,8-9,24H,5,7H2,(H,25,26,27). The van der Waals surface area contributed by atoms with Crippen molar-refractivity contribution in [1.29, 1.82) is 0 Å². The van der Waals surface area contributed by atoms with E-state index in [0.717, 1.165) is 266 Å². The van der Waals surface area contributed by atoms with Crippen molar-refractivity contribution in [3.63, 3.8) is 0 Å². The first kappa shape index (κ1) is 89.6. The topological polar surface area (TPSA) is 410 Å². The predicted molar refractivity (Wildman–Crippen MR) is 574 cm³/mol. The molecule has 147 heavy (non-hydrogen) atoms. The minimum Gasteiger partial charge on any atom is -0.366 e. The van der Waals surface area contributed by atoms with Crippen LogP contribution in [0.1, 0.15) is 176 Å². The van der Waals surface area contributed by atoms with E-state index in [4.69, 9.17) is 24.5 Å². The van der Waals surface area contributed by atoms with Gasteiger partial charge in [0.15, 0.2) is 10.8 Å². The summed E-state index contributed by atoms with van der Waals surface area (Å²) < 4.78 is 26.5. The monoisotopic (exact) mass is 2030 g/mol. The Kier molecular flexibility index (Phi) is 20.6. The third-order valence-electron chi connectivity index (χ3n) is 30.5. The summed E-state index contributed by atoms with van der Waals surface area (Å²) in [7, 11) is -1.57. The quantitative estimate of drug-likeness (QED) is 0.0418. The molecule has 10 aliphatic rings. The molecule has 0 fully saturated rings. The van der Waals surface area contributed by atoms with Crippen molar-refractivity contribution in [3.05, 3.63) is 356 Å². The molecular formula is C117H82BrN15O12S2. The van der Waals surface area contributed by atoms with Crippen LogP contribution in [0, 0.1) is 6.57 Å². The first-order valence-electron chi connectivity index (χ1n) is 48.4. The number of carbonyl (C=O) groups excluding carboxylic acids is 10. The van der Waals surface area contributed by atoms with Crippen LogP contribution in [-0.2, 0) is 93.9 Å². The molecule has 0 spiro atoms. The number of nitrogens with one attached hydrogen (secondary N) is 13. The summed E-state index contributed by atoms with van der Waals surface area (Å²) in [5, 5.41) is 27.5. The molecule has 27 nitrogen and oxygen atoms in total. The van der Waals surface area contributed by atoms with Gasteiger partial charge in [0.25, 0.3) is 59.1 Å². The molecule has 30 heteroatoms. The first-order valence-corrected chi connectivity index (χ1v) is 51.5. The van der Waals surface area contributed by atoms with Crippen LogP contribution in [0.2, 0.25) is 0 Å². The summed E-state index contributed by atoms with van der Waals surface area (Å²) in [5.74, 6) is -3.24. The summed E-state index contributed by atoms with van der Waals surface area (Å²) in [4.78, 5) is 149. The van der Waals surface area contributed by atoms with Gasteiger partial charge in [0, 0.05) is 135 Å². The van der Waals surface area contributed by atoms with Gasteiger partial charge in [0.1, 0.15) is 0 Å². The minimum absolute atomic E-state index is 0.141. The molecule has 15 N–H and O–H groups in total. The van der Waals surface area contributed by atoms with E-state index in [1.165, 1.54) is 27.8 Å². The molecule has 5 aliphatic heterocycles. The highest BCUT2D eigenvalue weighted by Crippen LogP contribution is 2.54. The zero-order valence-corrected chi connectivity index (χ0v) is 81.7. The lowest BCUT2D eigenvalue weighted by atomic mass is 9.80. The number of nitrogens with two attached hydrogens (primary N) is 1. The summed E-state index contributed by atoms with van der Waals surface area (Å²) >= 11 is 8.72. The number of fused-ring (bicyclic) bond motifs is 50. The molecule has 0 atom stereocenters. The summed E-state index contributed by atoms with van der Waals surface area (Å²) in [6.07, 6.45) is 8.98. The van der Waals surface area contributed by atoms with Crippen LogP contribution < -0.4 is 47.7 Å². The zero-order chi connectivity index (χ0) is 100. The van der Waals surface area contributed by atoms with Crippen LogP contribution >= 0.6 is 28.1 Å². The van der Waals surface area contributed by atoms with Gasteiger partial charge in [-0.1, -0.05) is 162 Å². The van der Waals surface area contributed by atoms with E-state index in [1.54, 1.807) is 19.2 Å². The number of imide groups is 5. The number of aryl methyl sites for hydroxylation is 5. The fourth-order valence-corrected chi connectivity index (χ4v) is 25.3. The Labute approximate surface area is 849 Å². The van der Waals surface area contributed by atoms with Gasteiger partial charge in [-0.05, 0) is 249 Å². The third-order valence-corrected chi connectivity index (χ3v) is 32.1. The van der Waals surface area contributed by atoms with Gasteiger partial charge in [-0.15, -0.1) is 0 Å². The van der Waals surface area contributed by atoms with Gasteiger partial charge in [0.2, 0.25) is 10.0 Å². The maximum Gasteiger partial charge on any atom is 0.259 e. The largest absolute Gasteiger partial charge is 0.366 e. The number of nitrogens with zero attached hydrogens (tertiary/aromatic N) is 1. The number of halogens is 1. The van der Waals surface area contributed by atoms with Gasteiger partial charge >= 0.3 is 0 Å². The van der Waals surface area contributed by atoms with E-state index >= 15 is 0 Å². The van der Waals surface area contributed by atoms with E-state index in [2.05, 4.69) is 154 Å². The molecule has 5 aromatic heterocycles. The smallest absolute Gasteiger partial charge is 0.259 e. The Balaban J connectivity index is 0.0000000933. The maximum atomic E-state index is 12.9. The van der Waals surface area contributed by atoms with Gasteiger partial charge in [-0.2, -0.15) is 0 Å². The molecule has 716 valence electrons. The van der Waals surface area contributed by atoms with Crippen molar-refractivity contribution in [2.24, 2.45) is 5.73 Å². The number of hydrogen-bond acceptors (Lipinski definition) is 14. The summed E-state index contributed by atoms with van der Waals surface area (Å²) in [6.45, 7) is 8.46. The molecule has 0 bridgehead atoms. The Hall–Kier alpha value is -17.5. The third kappa shape index (κ3) is 13.9. The van der Waals surface area contributed by atoms with E-state index in [1.807, 2.05) is 133 Å². The second kappa shape index (κ2) is 33.8. The number of aromatic amines is 5. The molecule has 0 unspecified atom stereocenters. The number of H-pyrrole nitrogens is 5. The Morgan fingerprint density at radius 3 is 0.884 bits per heavy atom. The number of aromatic nitrogens is 5. The number of thiocarbonyl (C=S) groups is 1. The number of hydrogen-bond donors (Lipinski definition) is 14. The fourth-order valence-electron chi connectivity index (χ4n) is 24.4. The van der Waals surface area contributed by atoms with Crippen molar-refractivity contribution in [2.75, 3.05) is 13.3 Å². The highest BCUT2D eigenvalue weighted by Gasteiger charge is 2.45. The van der Waals surface area contributed by atoms with E-state index < -0.39 is 15.9 Å². The van der Waals surface area contributed by atoms with Crippen molar-refractivity contribution in [2.45, 2.75) is 83.8 Å². The second-order valence-corrected chi connectivity index (χ2v) is 41.7. The van der Waals surface area contributed by atoms with Gasteiger partial charge in [-0.3, -0.25) is 74.5 Å². The van der Waals surface area contributed by atoms with Crippen molar-refractivity contribution >= 4 is 217 Å². The summed E-state index contributed by atoms with van der Waals surface area (Å²) in [6, 6.07) is 70.4. The Morgan fingerprint density at radius 1 is 0.333 bits per heavy atom. The van der Waals surface area contributed by atoms with Crippen molar-refractivity contribution in [1.82, 2.24) is 66.9 Å². The van der Waals surface area contributed by atoms with Crippen LogP contribution in [0.3, 0.4) is 0 Å². The SMILES string of the molecule is CNC(=S)NCc1ccc2[nH]c3c4c(c5c(c3c2c1)C(=O)NC5=O)CCc1ccccc1-4.CS(=O)(=O)NCc1ccc2[nH]c3c4c(c5c(c3c2c1)C(=O)NC5=O)CCc1ccccc1-4.NCc1ccc2[nH]c3c4c(c5c(c3c2c1)C(=O)NC5=O)CCc1ccccc1-4.O=C1NC(=O)c2c1c1c(c3[nH]c4ccc(Br)cc4c23)-c2ccccc2CC1.[C-]#[N+]c1ccc2[nH]c3c4c(c5c(c3c2c1)C(=O)NC5=O)CCc1ccccc1-4. The molecule has 0 saturated carbocycles. The predicted octanol–water partition coefficient (Wildman–Crippen LogP) is 19.3. The number of amides is 10. The average molecular weight is 2030 g/mol. The number of rotatable bonds is 6. The number of carbonyl (C=O) groups is 10. The van der Waals surface area contributed by atoms with Gasteiger partial charge in [0.05, 0.1) is 96.0 Å². The first-order chi connectivity index (χ1) is 71.3. The van der Waals surface area contributed by atoms with Crippen LogP contribution in [0.25, 0.3) is 170 Å². The van der Waals surface area contributed by atoms with Crippen molar-refractivity contribution < 1.29 is 56.4 Å². The maximum absolute atomic E-state index is 12.9. The fraction of sp³-hybridized carbons (Fsp3) is 0.128. The van der Waals surface area contributed by atoms with Crippen LogP contribution in [0.5, 0.6) is 0 Å². The highest BCUT2D eigenvalue weighted by atomic mass is 79.9. The minimum atomic E-state index is -3.34. The van der Waals surface area contributed by atoms with Gasteiger partial charge in [-0.25, -0.2) is 18.0 Å². The molecule has 30 rings (SSSR count). The lowest BCUT2D eigenvalue weighted by molar-refractivity contribution is 0.0863. The second-order valence-electron chi connectivity index (χ2n) is 38.5. The molecule has 10 amide bonds. The molecule has 15 aromatic carbocycles. The van der Waals surface area contributed by atoms with Gasteiger partial charge < -0.3 is 41.3 Å². The molecule has 10 heterocycles. The Morgan fingerprint density at radius 2 is 0.592 bits per heavy atom. The zero-order valence-electron chi connectivity index (χ0n) is 78.5. The van der Waals surface area contributed by atoms with E-state index in [-0.39, 0.29) is 59.7 Å². The highest BCUT2D eigenvalue weighted by molar-refractivity contribution is 9.10. The van der Waals surface area contributed by atoms with Crippen LogP contribution in [-0.4, -0.2) is 111 Å². The molecule has 0 radical (unpaired) electrons. The molecule has 5 aliphatic carbocycles. The van der Waals surface area contributed by atoms with Crippen molar-refractivity contribution in [3.8, 4) is 55.6 Å².